The lowest BCUT2D eigenvalue weighted by Gasteiger charge is -2.42. The second-order valence-corrected chi connectivity index (χ2v) is 27.2. The summed E-state index contributed by atoms with van der Waals surface area (Å²) in [5.41, 5.74) is -1.57. The average molecular weight is 1010 g/mol. The Balaban J connectivity index is 3.19. The van der Waals surface area contributed by atoms with Crippen LogP contribution in [0.2, 0.25) is 0 Å². The van der Waals surface area contributed by atoms with Crippen LogP contribution in [-0.4, -0.2) is 182 Å². The lowest BCUT2D eigenvalue weighted by molar-refractivity contribution is -0.122. The maximum atomic E-state index is 10.4. The van der Waals surface area contributed by atoms with Crippen LogP contribution in [0.5, 0.6) is 0 Å². The molecule has 1 heterocycles. The van der Waals surface area contributed by atoms with Crippen LogP contribution in [0.4, 0.5) is 0 Å². The average Bonchev–Trinajstić information content (AvgIpc) is 3.21. The largest absolute Gasteiger partial charge is 0.396 e. The van der Waals surface area contributed by atoms with Crippen molar-refractivity contribution in [2.45, 2.75) is 137 Å². The van der Waals surface area contributed by atoms with Crippen LogP contribution in [-0.2, 0) is 56.8 Å². The third kappa shape index (κ3) is 32.7. The molecular formula is C56H112O14. The van der Waals surface area contributed by atoms with Crippen molar-refractivity contribution in [1.82, 2.24) is 0 Å². The van der Waals surface area contributed by atoms with E-state index in [0.29, 0.717) is 145 Å². The van der Waals surface area contributed by atoms with Gasteiger partial charge in [-0.1, -0.05) is 118 Å². The third-order valence-corrected chi connectivity index (χ3v) is 12.7. The van der Waals surface area contributed by atoms with E-state index < -0.39 is 10.8 Å². The van der Waals surface area contributed by atoms with Crippen molar-refractivity contribution in [3.63, 3.8) is 0 Å². The molecule has 0 saturated carbocycles. The molecule has 70 heavy (non-hydrogen) atoms. The van der Waals surface area contributed by atoms with Crippen LogP contribution >= 0.6 is 0 Å². The number of ether oxygens (including phenoxy) is 12. The van der Waals surface area contributed by atoms with Crippen molar-refractivity contribution in [3.8, 4) is 0 Å². The molecule has 1 aliphatic heterocycles. The summed E-state index contributed by atoms with van der Waals surface area (Å²) in [6, 6.07) is 0. The summed E-state index contributed by atoms with van der Waals surface area (Å²) in [6.45, 7) is 48.7. The van der Waals surface area contributed by atoms with E-state index in [1.165, 1.54) is 0 Å². The first kappa shape index (κ1) is 67.5. The molecule has 1 fully saturated rings. The Hall–Kier alpha value is -0.560. The Morgan fingerprint density at radius 2 is 0.757 bits per heavy atom. The maximum absolute atomic E-state index is 10.4. The normalized spacial score (nSPS) is 31.0. The van der Waals surface area contributed by atoms with Crippen molar-refractivity contribution in [3.05, 3.63) is 0 Å². The summed E-state index contributed by atoms with van der Waals surface area (Å²) in [4.78, 5) is 0. The quantitative estimate of drug-likeness (QED) is 0.189. The first-order chi connectivity index (χ1) is 32.4. The van der Waals surface area contributed by atoms with Crippen molar-refractivity contribution >= 4 is 0 Å². The van der Waals surface area contributed by atoms with Gasteiger partial charge in [-0.15, -0.1) is 0 Å². The fourth-order valence-corrected chi connectivity index (χ4v) is 9.15. The third-order valence-electron chi connectivity index (χ3n) is 12.7. The van der Waals surface area contributed by atoms with Gasteiger partial charge in [-0.3, -0.25) is 0 Å². The zero-order valence-corrected chi connectivity index (χ0v) is 48.4. The van der Waals surface area contributed by atoms with E-state index in [-0.39, 0.29) is 70.3 Å². The predicted molar refractivity (Wildman–Crippen MR) is 280 cm³/mol. The second-order valence-electron chi connectivity index (χ2n) is 27.2. The van der Waals surface area contributed by atoms with E-state index >= 15 is 0 Å². The van der Waals surface area contributed by atoms with Crippen LogP contribution in [0.15, 0.2) is 0 Å². The fraction of sp³-hybridized carbons (Fsp3) is 1.00. The molecule has 14 nitrogen and oxygen atoms in total. The molecule has 0 bridgehead atoms. The lowest BCUT2D eigenvalue weighted by atomic mass is 9.69. The van der Waals surface area contributed by atoms with Gasteiger partial charge >= 0.3 is 0 Å². The molecule has 0 radical (unpaired) electrons. The lowest BCUT2D eigenvalue weighted by Crippen LogP contribution is -2.44. The van der Waals surface area contributed by atoms with Crippen molar-refractivity contribution in [2.75, 3.05) is 172 Å². The minimum Gasteiger partial charge on any atom is -0.396 e. The van der Waals surface area contributed by atoms with Gasteiger partial charge in [0.15, 0.2) is 0 Å². The molecule has 0 aromatic rings. The highest BCUT2D eigenvalue weighted by Crippen LogP contribution is 2.40. The van der Waals surface area contributed by atoms with E-state index in [0.717, 1.165) is 19.3 Å². The highest BCUT2D eigenvalue weighted by atomic mass is 16.6. The van der Waals surface area contributed by atoms with Gasteiger partial charge in [0.05, 0.1) is 172 Å². The van der Waals surface area contributed by atoms with Crippen molar-refractivity contribution in [1.29, 1.82) is 0 Å². The van der Waals surface area contributed by atoms with Gasteiger partial charge < -0.3 is 67.1 Å². The molecule has 0 aromatic carbocycles. The van der Waals surface area contributed by atoms with Gasteiger partial charge in [0.2, 0.25) is 0 Å². The molecule has 0 spiro atoms. The van der Waals surface area contributed by atoms with Gasteiger partial charge in [0.25, 0.3) is 0 Å². The van der Waals surface area contributed by atoms with Gasteiger partial charge in [-0.05, 0) is 40.9 Å². The van der Waals surface area contributed by atoms with Crippen LogP contribution in [0.3, 0.4) is 0 Å². The van der Waals surface area contributed by atoms with Gasteiger partial charge in [0, 0.05) is 33.0 Å². The van der Waals surface area contributed by atoms with Crippen LogP contribution < -0.4 is 0 Å². The Morgan fingerprint density at radius 1 is 0.400 bits per heavy atom. The van der Waals surface area contributed by atoms with Gasteiger partial charge in [-0.2, -0.15) is 0 Å². The summed E-state index contributed by atoms with van der Waals surface area (Å²) >= 11 is 0. The standard InChI is InChI=1S/C56H112O14/c1-48(2,3)30-47-31-67-38-52(13,33-49(4,5)6)36-62-26-21-60-23-28-64-40-54(15,35-58)41-69-43-55(16,42-65-25-20-59-19-18-57)44-70-46-56(17,51(10,11)12)45-66-29-24-61-22-27-63-37-53(14,39-68-32-47)34-50(7,8)9/h47,57-58H,18-46H2,1-17H3. The Kier molecular flexibility index (Phi) is 31.6. The maximum Gasteiger partial charge on any atom is 0.0701 e. The molecule has 14 heteroatoms. The minimum atomic E-state index is -0.620. The Labute approximate surface area is 429 Å². The second kappa shape index (κ2) is 32.8. The number of hydrogen-bond donors (Lipinski definition) is 2. The van der Waals surface area contributed by atoms with Crippen molar-refractivity contribution < 1.29 is 67.1 Å². The molecule has 1 aliphatic rings. The molecule has 2 N–H and O–H groups in total. The predicted octanol–water partition coefficient (Wildman–Crippen LogP) is 9.19. The topological polar surface area (TPSA) is 151 Å². The minimum absolute atomic E-state index is 0.0338. The van der Waals surface area contributed by atoms with E-state index in [4.69, 9.17) is 61.9 Å². The molecule has 1 rings (SSSR count). The monoisotopic (exact) mass is 1010 g/mol. The smallest absolute Gasteiger partial charge is 0.0701 e. The van der Waals surface area contributed by atoms with Crippen LogP contribution in [0, 0.1) is 54.7 Å². The summed E-state index contributed by atoms with van der Waals surface area (Å²) in [5, 5.41) is 19.5. The SMILES string of the molecule is CC(C)(C)CC1COCC(C)(CC(C)(C)C)COCCOCCOCC(C)(CO)COCC(C)(COCCOCCO)COCC(C)(C(C)(C)C)COCCOCCOCC(C)(CC(C)(C)C)COC1. The van der Waals surface area contributed by atoms with Crippen LogP contribution in [0.25, 0.3) is 0 Å². The van der Waals surface area contributed by atoms with E-state index in [9.17, 15) is 5.11 Å². The molecule has 0 aliphatic carbocycles. The van der Waals surface area contributed by atoms with E-state index in [2.05, 4.69) is 111 Å². The molecular weight excluding hydrogens is 897 g/mol. The number of aliphatic hydroxyl groups is 2. The van der Waals surface area contributed by atoms with E-state index in [1.54, 1.807) is 0 Å². The summed E-state index contributed by atoms with van der Waals surface area (Å²) in [7, 11) is 0. The molecule has 0 amide bonds. The zero-order chi connectivity index (χ0) is 53.1. The first-order valence-electron chi connectivity index (χ1n) is 26.5. The molecule has 6 unspecified atom stereocenters. The van der Waals surface area contributed by atoms with E-state index in [1.807, 2.05) is 6.92 Å². The summed E-state index contributed by atoms with van der Waals surface area (Å²) < 4.78 is 74.3. The Morgan fingerprint density at radius 3 is 1.17 bits per heavy atom. The molecule has 6 atom stereocenters. The van der Waals surface area contributed by atoms with Crippen LogP contribution in [0.1, 0.15) is 137 Å². The highest BCUT2D eigenvalue weighted by Gasteiger charge is 2.40. The fourth-order valence-electron chi connectivity index (χ4n) is 9.15. The molecule has 0 aromatic heterocycles. The summed E-state index contributed by atoms with van der Waals surface area (Å²) in [6.07, 6.45) is 2.90. The van der Waals surface area contributed by atoms with Gasteiger partial charge in [-0.25, -0.2) is 0 Å². The Bertz CT molecular complexity index is 1310. The molecule has 420 valence electrons. The first-order valence-corrected chi connectivity index (χ1v) is 26.5. The highest BCUT2D eigenvalue weighted by molar-refractivity contribution is 4.88. The van der Waals surface area contributed by atoms with Gasteiger partial charge in [0.1, 0.15) is 0 Å². The number of hydrogen-bond acceptors (Lipinski definition) is 14. The number of rotatable bonds is 11. The molecule has 1 saturated heterocycles. The zero-order valence-electron chi connectivity index (χ0n) is 48.4. The van der Waals surface area contributed by atoms with Crippen molar-refractivity contribution in [2.24, 2.45) is 54.7 Å². The summed E-state index contributed by atoms with van der Waals surface area (Å²) in [5.74, 6) is 0.245. The number of aliphatic hydroxyl groups excluding tert-OH is 2.